The van der Waals surface area contributed by atoms with Crippen molar-refractivity contribution < 1.29 is 0 Å². The highest BCUT2D eigenvalue weighted by molar-refractivity contribution is 5.47. The Kier molecular flexibility index (Phi) is 5.65. The molecule has 1 fully saturated rings. The Bertz CT molecular complexity index is 904. The molecule has 6 heteroatoms. The van der Waals surface area contributed by atoms with Crippen molar-refractivity contribution in [2.45, 2.75) is 52.0 Å². The van der Waals surface area contributed by atoms with Crippen molar-refractivity contribution in [1.82, 2.24) is 24.5 Å². The minimum absolute atomic E-state index is 0.400. The number of aromatic nitrogens is 5. The molecule has 3 aromatic rings. The minimum Gasteiger partial charge on any atom is -0.356 e. The molecule has 0 aromatic carbocycles. The Morgan fingerprint density at radius 3 is 2.89 bits per heavy atom. The first-order valence-electron chi connectivity index (χ1n) is 10.2. The average Bonchev–Trinajstić information content (AvgIpc) is 3.18. The molecule has 1 aliphatic heterocycles. The number of rotatable bonds is 6. The number of hydrogen-bond donors (Lipinski definition) is 0. The van der Waals surface area contributed by atoms with E-state index in [-0.39, 0.29) is 0 Å². The topological polar surface area (TPSA) is 59.7 Å². The quantitative estimate of drug-likeness (QED) is 0.655. The number of anilines is 1. The monoisotopic (exact) mass is 376 g/mol. The summed E-state index contributed by atoms with van der Waals surface area (Å²) in [6, 6.07) is 6.06. The minimum atomic E-state index is 0.400. The zero-order chi connectivity index (χ0) is 19.3. The first kappa shape index (κ1) is 18.6. The van der Waals surface area contributed by atoms with Crippen LogP contribution in [0.15, 0.2) is 43.0 Å². The molecular weight excluding hydrogens is 348 g/mol. The summed E-state index contributed by atoms with van der Waals surface area (Å²) in [5.41, 5.74) is 2.32. The van der Waals surface area contributed by atoms with Crippen LogP contribution in [-0.4, -0.2) is 37.6 Å². The number of pyridine rings is 1. The van der Waals surface area contributed by atoms with Crippen LogP contribution in [0.3, 0.4) is 0 Å². The van der Waals surface area contributed by atoms with E-state index < -0.39 is 0 Å². The highest BCUT2D eigenvalue weighted by Gasteiger charge is 2.27. The van der Waals surface area contributed by atoms with Crippen LogP contribution in [0.2, 0.25) is 0 Å². The third-order valence-electron chi connectivity index (χ3n) is 5.37. The molecule has 28 heavy (non-hydrogen) atoms. The predicted octanol–water partition coefficient (Wildman–Crippen LogP) is 3.76. The second kappa shape index (κ2) is 8.50. The average molecular weight is 377 g/mol. The first-order valence-corrected chi connectivity index (χ1v) is 10.2. The lowest BCUT2D eigenvalue weighted by molar-refractivity contribution is 0.472. The molecule has 0 radical (unpaired) electrons. The van der Waals surface area contributed by atoms with Crippen LogP contribution in [0.25, 0.3) is 0 Å². The van der Waals surface area contributed by atoms with E-state index in [1.165, 1.54) is 5.56 Å². The van der Waals surface area contributed by atoms with Gasteiger partial charge >= 0.3 is 0 Å². The summed E-state index contributed by atoms with van der Waals surface area (Å²) in [7, 11) is 0. The molecule has 0 aliphatic carbocycles. The number of hydrogen-bond acceptors (Lipinski definition) is 5. The van der Waals surface area contributed by atoms with E-state index in [1.807, 2.05) is 37.6 Å². The van der Waals surface area contributed by atoms with Gasteiger partial charge in [0.25, 0.3) is 0 Å². The van der Waals surface area contributed by atoms with E-state index in [0.717, 1.165) is 68.5 Å². The van der Waals surface area contributed by atoms with Crippen molar-refractivity contribution in [2.75, 3.05) is 18.0 Å². The third kappa shape index (κ3) is 4.06. The van der Waals surface area contributed by atoms with E-state index in [0.29, 0.717) is 5.92 Å². The fourth-order valence-electron chi connectivity index (χ4n) is 4.06. The Balaban J connectivity index is 1.56. The van der Waals surface area contributed by atoms with Gasteiger partial charge in [0.2, 0.25) is 0 Å². The lowest BCUT2D eigenvalue weighted by atomic mass is 9.96. The fourth-order valence-corrected chi connectivity index (χ4v) is 4.06. The predicted molar refractivity (Wildman–Crippen MR) is 111 cm³/mol. The van der Waals surface area contributed by atoms with Crippen LogP contribution < -0.4 is 4.90 Å². The molecule has 0 saturated carbocycles. The van der Waals surface area contributed by atoms with E-state index in [4.69, 9.17) is 9.97 Å². The molecule has 4 heterocycles. The van der Waals surface area contributed by atoms with Crippen molar-refractivity contribution in [3.05, 3.63) is 65.9 Å². The smallest absolute Gasteiger partial charge is 0.135 e. The molecule has 6 nitrogen and oxygen atoms in total. The van der Waals surface area contributed by atoms with Crippen molar-refractivity contribution in [1.29, 1.82) is 0 Å². The van der Waals surface area contributed by atoms with E-state index in [9.17, 15) is 0 Å². The molecule has 1 atom stereocenters. The molecule has 1 saturated heterocycles. The molecule has 4 rings (SSSR count). The van der Waals surface area contributed by atoms with Gasteiger partial charge in [0, 0.05) is 49.4 Å². The molecule has 0 unspecified atom stereocenters. The van der Waals surface area contributed by atoms with Crippen molar-refractivity contribution >= 4 is 5.82 Å². The number of piperidine rings is 1. The van der Waals surface area contributed by atoms with Gasteiger partial charge in [-0.05, 0) is 38.3 Å². The standard InChI is InChI=1S/C22H28N6/c1-3-7-18-14-25-17(2)26-22(18)27-12-6-8-19(15-27)21-24-11-13-28(21)16-20-9-4-5-10-23-20/h4-5,9-11,13-14,19H,3,6-8,12,15-16H2,1-2H3/t19-/m0/s1. The van der Waals surface area contributed by atoms with Gasteiger partial charge in [0.05, 0.1) is 12.2 Å². The van der Waals surface area contributed by atoms with Gasteiger partial charge in [0.1, 0.15) is 17.5 Å². The van der Waals surface area contributed by atoms with E-state index in [1.54, 1.807) is 0 Å². The summed E-state index contributed by atoms with van der Waals surface area (Å²) in [4.78, 5) is 20.8. The van der Waals surface area contributed by atoms with Crippen LogP contribution in [0, 0.1) is 6.92 Å². The van der Waals surface area contributed by atoms with E-state index >= 15 is 0 Å². The summed E-state index contributed by atoms with van der Waals surface area (Å²) in [5, 5.41) is 0. The number of imidazole rings is 1. The van der Waals surface area contributed by atoms with E-state index in [2.05, 4.69) is 38.6 Å². The number of aryl methyl sites for hydroxylation is 2. The van der Waals surface area contributed by atoms with Crippen LogP contribution in [0.4, 0.5) is 5.82 Å². The molecule has 0 amide bonds. The van der Waals surface area contributed by atoms with Crippen molar-refractivity contribution in [2.24, 2.45) is 0 Å². The SMILES string of the molecule is CCCc1cnc(C)nc1N1CCC[C@H](c2nccn2Cc2ccccn2)C1. The largest absolute Gasteiger partial charge is 0.356 e. The Labute approximate surface area is 166 Å². The van der Waals surface area contributed by atoms with Crippen molar-refractivity contribution in [3.8, 4) is 0 Å². The van der Waals surface area contributed by atoms with Gasteiger partial charge < -0.3 is 9.47 Å². The van der Waals surface area contributed by atoms with Gasteiger partial charge in [-0.15, -0.1) is 0 Å². The highest BCUT2D eigenvalue weighted by Crippen LogP contribution is 2.30. The molecule has 146 valence electrons. The highest BCUT2D eigenvalue weighted by atomic mass is 15.2. The Hall–Kier alpha value is -2.76. The summed E-state index contributed by atoms with van der Waals surface area (Å²) >= 11 is 0. The summed E-state index contributed by atoms with van der Waals surface area (Å²) < 4.78 is 2.24. The molecular formula is C22H28N6. The summed E-state index contributed by atoms with van der Waals surface area (Å²) in [5.74, 6) is 3.51. The van der Waals surface area contributed by atoms with Crippen LogP contribution in [-0.2, 0) is 13.0 Å². The first-order chi connectivity index (χ1) is 13.7. The van der Waals surface area contributed by atoms with Gasteiger partial charge in [-0.1, -0.05) is 19.4 Å². The zero-order valence-corrected chi connectivity index (χ0v) is 16.8. The molecule has 0 spiro atoms. The second-order valence-electron chi connectivity index (χ2n) is 7.54. The lowest BCUT2D eigenvalue weighted by Crippen LogP contribution is -2.36. The van der Waals surface area contributed by atoms with Gasteiger partial charge in [0.15, 0.2) is 0 Å². The molecule has 0 N–H and O–H groups in total. The molecule has 0 bridgehead atoms. The second-order valence-corrected chi connectivity index (χ2v) is 7.54. The maximum atomic E-state index is 4.80. The van der Waals surface area contributed by atoms with Crippen LogP contribution >= 0.6 is 0 Å². The van der Waals surface area contributed by atoms with Gasteiger partial charge in [-0.2, -0.15) is 0 Å². The summed E-state index contributed by atoms with van der Waals surface area (Å²) in [6.07, 6.45) is 12.3. The summed E-state index contributed by atoms with van der Waals surface area (Å²) in [6.45, 7) is 6.94. The van der Waals surface area contributed by atoms with Crippen molar-refractivity contribution in [3.63, 3.8) is 0 Å². The maximum absolute atomic E-state index is 4.80. The Morgan fingerprint density at radius 1 is 1.14 bits per heavy atom. The lowest BCUT2D eigenvalue weighted by Gasteiger charge is -2.34. The van der Waals surface area contributed by atoms with Gasteiger partial charge in [-0.25, -0.2) is 15.0 Å². The van der Waals surface area contributed by atoms with Crippen LogP contribution in [0.5, 0.6) is 0 Å². The Morgan fingerprint density at radius 2 is 2.07 bits per heavy atom. The zero-order valence-electron chi connectivity index (χ0n) is 16.8. The van der Waals surface area contributed by atoms with Gasteiger partial charge in [-0.3, -0.25) is 4.98 Å². The number of nitrogens with zero attached hydrogens (tertiary/aromatic N) is 6. The normalized spacial score (nSPS) is 17.1. The third-order valence-corrected chi connectivity index (χ3v) is 5.37. The molecule has 1 aliphatic rings. The maximum Gasteiger partial charge on any atom is 0.135 e. The molecule has 3 aromatic heterocycles. The van der Waals surface area contributed by atoms with Crippen LogP contribution in [0.1, 0.15) is 55.0 Å². The fraction of sp³-hybridized carbons (Fsp3) is 0.455.